The minimum atomic E-state index is -1.61. The van der Waals surface area contributed by atoms with Gasteiger partial charge in [-0.05, 0) is 36.5 Å². The highest BCUT2D eigenvalue weighted by atomic mass is 28.3. The van der Waals surface area contributed by atoms with Crippen molar-refractivity contribution in [3.05, 3.63) is 35.9 Å². The number of nitrogens with zero attached hydrogens (tertiary/aromatic N) is 1. The molecule has 0 fully saturated rings. The predicted molar refractivity (Wildman–Crippen MR) is 89.7 cm³/mol. The van der Waals surface area contributed by atoms with Gasteiger partial charge in [-0.3, -0.25) is 0 Å². The van der Waals surface area contributed by atoms with Crippen molar-refractivity contribution < 1.29 is 0 Å². The Hall–Kier alpha value is -0.893. The molecule has 1 aromatic carbocycles. The highest BCUT2D eigenvalue weighted by molar-refractivity contribution is 6.79. The highest BCUT2D eigenvalue weighted by Crippen LogP contribution is 2.37. The average molecular weight is 276 g/mol. The number of hydrogen-bond donors (Lipinski definition) is 0. The van der Waals surface area contributed by atoms with E-state index in [1.807, 2.05) is 0 Å². The van der Waals surface area contributed by atoms with Crippen LogP contribution in [0.2, 0.25) is 18.1 Å². The van der Waals surface area contributed by atoms with Gasteiger partial charge in [0.1, 0.15) is 0 Å². The van der Waals surface area contributed by atoms with Crippen LogP contribution in [0.5, 0.6) is 0 Å². The molecule has 0 amide bonds. The molecule has 1 aromatic rings. The lowest BCUT2D eigenvalue weighted by Gasteiger charge is -2.33. The van der Waals surface area contributed by atoms with Gasteiger partial charge in [0.15, 0.2) is 8.24 Å². The third-order valence-corrected chi connectivity index (χ3v) is 8.62. The Labute approximate surface area is 120 Å². The fourth-order valence-electron chi connectivity index (χ4n) is 1.74. The van der Waals surface area contributed by atoms with E-state index < -0.39 is 8.24 Å². The first-order chi connectivity index (χ1) is 8.78. The van der Waals surface area contributed by atoms with Crippen molar-refractivity contribution in [3.8, 4) is 0 Å². The van der Waals surface area contributed by atoms with Gasteiger partial charge in [-0.25, -0.2) is 0 Å². The molecule has 0 unspecified atom stereocenters. The second-order valence-electron chi connectivity index (χ2n) is 6.84. The molecular formula is C17H29NSi. The number of benzene rings is 1. The van der Waals surface area contributed by atoms with E-state index >= 15 is 0 Å². The molecule has 0 spiro atoms. The molecule has 1 rings (SSSR count). The quantitative estimate of drug-likeness (QED) is 0.485. The Morgan fingerprint density at radius 1 is 1.11 bits per heavy atom. The lowest BCUT2D eigenvalue weighted by atomic mass is 10.1. The summed E-state index contributed by atoms with van der Waals surface area (Å²) in [5.41, 5.74) is 2.62. The molecule has 0 N–H and O–H groups in total. The number of rotatable bonds is 5. The molecular weight excluding hydrogens is 246 g/mol. The summed E-state index contributed by atoms with van der Waals surface area (Å²) >= 11 is 0. The molecule has 19 heavy (non-hydrogen) atoms. The standard InChI is InChI=1S/C17H29NSi/c1-7-8-14-16(15-12-10-9-11-13-15)18-19(5,6)17(2,3)4/h9-13H,7-8,14H2,1-6H3/b18-16+. The topological polar surface area (TPSA) is 12.4 Å². The fourth-order valence-corrected chi connectivity index (χ4v) is 3.00. The molecule has 0 bridgehead atoms. The molecule has 106 valence electrons. The zero-order valence-electron chi connectivity index (χ0n) is 13.5. The van der Waals surface area contributed by atoms with Crippen molar-refractivity contribution >= 4 is 13.9 Å². The second kappa shape index (κ2) is 6.51. The monoisotopic (exact) mass is 275 g/mol. The first-order valence-corrected chi connectivity index (χ1v) is 10.4. The summed E-state index contributed by atoms with van der Waals surface area (Å²) in [6, 6.07) is 10.7. The van der Waals surface area contributed by atoms with Crippen LogP contribution in [0.25, 0.3) is 0 Å². The van der Waals surface area contributed by atoms with E-state index in [-0.39, 0.29) is 0 Å². The van der Waals surface area contributed by atoms with Gasteiger partial charge in [-0.1, -0.05) is 64.4 Å². The number of unbranched alkanes of at least 4 members (excludes halogenated alkanes) is 1. The maximum Gasteiger partial charge on any atom is 0.180 e. The van der Waals surface area contributed by atoms with Gasteiger partial charge in [0.25, 0.3) is 0 Å². The molecule has 1 nitrogen and oxygen atoms in total. The molecule has 2 heteroatoms. The van der Waals surface area contributed by atoms with Crippen LogP contribution in [0.15, 0.2) is 35.0 Å². The van der Waals surface area contributed by atoms with Crippen LogP contribution in [0.3, 0.4) is 0 Å². The second-order valence-corrected chi connectivity index (χ2v) is 11.7. The maximum atomic E-state index is 5.24. The van der Waals surface area contributed by atoms with Crippen molar-refractivity contribution in [2.24, 2.45) is 4.66 Å². The van der Waals surface area contributed by atoms with Crippen molar-refractivity contribution in [2.45, 2.75) is 65.1 Å². The predicted octanol–water partition coefficient (Wildman–Crippen LogP) is 5.67. The summed E-state index contributed by atoms with van der Waals surface area (Å²) in [7, 11) is -1.61. The van der Waals surface area contributed by atoms with Crippen molar-refractivity contribution in [1.29, 1.82) is 0 Å². The summed E-state index contributed by atoms with van der Waals surface area (Å²) in [5, 5.41) is 0.305. The third kappa shape index (κ3) is 4.61. The molecule has 0 atom stereocenters. The summed E-state index contributed by atoms with van der Waals surface area (Å²) in [6.45, 7) is 14.0. The molecule has 0 aliphatic carbocycles. The Balaban J connectivity index is 3.11. The fraction of sp³-hybridized carbons (Fsp3) is 0.588. The van der Waals surface area contributed by atoms with Crippen LogP contribution >= 0.6 is 0 Å². The van der Waals surface area contributed by atoms with E-state index in [9.17, 15) is 0 Å². The first-order valence-electron chi connectivity index (χ1n) is 7.42. The van der Waals surface area contributed by atoms with Gasteiger partial charge in [-0.15, -0.1) is 0 Å². The van der Waals surface area contributed by atoms with Gasteiger partial charge in [0.2, 0.25) is 0 Å². The van der Waals surface area contributed by atoms with Gasteiger partial charge in [-0.2, -0.15) is 0 Å². The van der Waals surface area contributed by atoms with E-state index in [1.54, 1.807) is 0 Å². The average Bonchev–Trinajstić information content (AvgIpc) is 2.34. The molecule has 0 radical (unpaired) electrons. The number of hydrogen-bond acceptors (Lipinski definition) is 1. The van der Waals surface area contributed by atoms with Gasteiger partial charge in [0, 0.05) is 5.71 Å². The van der Waals surface area contributed by atoms with Crippen LogP contribution in [-0.2, 0) is 0 Å². The third-order valence-electron chi connectivity index (χ3n) is 4.12. The van der Waals surface area contributed by atoms with Crippen LogP contribution in [0.4, 0.5) is 0 Å². The normalized spacial score (nSPS) is 13.7. The van der Waals surface area contributed by atoms with Gasteiger partial charge in [0.05, 0.1) is 0 Å². The minimum absolute atomic E-state index is 0.305. The maximum absolute atomic E-state index is 5.24. The summed E-state index contributed by atoms with van der Waals surface area (Å²) in [5.74, 6) is 0. The summed E-state index contributed by atoms with van der Waals surface area (Å²) in [4.78, 5) is 0. The lowest BCUT2D eigenvalue weighted by Crippen LogP contribution is -2.36. The van der Waals surface area contributed by atoms with Crippen molar-refractivity contribution in [1.82, 2.24) is 0 Å². The molecule has 0 saturated carbocycles. The van der Waals surface area contributed by atoms with E-state index in [2.05, 4.69) is 71.1 Å². The summed E-state index contributed by atoms with van der Waals surface area (Å²) in [6.07, 6.45) is 3.55. The van der Waals surface area contributed by atoms with E-state index in [0.29, 0.717) is 5.04 Å². The first kappa shape index (κ1) is 16.2. The molecule has 0 saturated heterocycles. The Kier molecular flexibility index (Phi) is 5.54. The summed E-state index contributed by atoms with van der Waals surface area (Å²) < 4.78 is 5.24. The van der Waals surface area contributed by atoms with E-state index in [1.165, 1.54) is 24.1 Å². The van der Waals surface area contributed by atoms with Gasteiger partial charge < -0.3 is 4.66 Å². The van der Waals surface area contributed by atoms with Crippen LogP contribution in [-0.4, -0.2) is 13.9 Å². The zero-order chi connectivity index (χ0) is 14.5. The Bertz CT molecular complexity index is 413. The molecule has 0 aromatic heterocycles. The van der Waals surface area contributed by atoms with E-state index in [0.717, 1.165) is 6.42 Å². The van der Waals surface area contributed by atoms with E-state index in [4.69, 9.17) is 4.66 Å². The smallest absolute Gasteiger partial charge is 0.180 e. The zero-order valence-corrected chi connectivity index (χ0v) is 14.5. The van der Waals surface area contributed by atoms with Crippen molar-refractivity contribution in [2.75, 3.05) is 0 Å². The largest absolute Gasteiger partial charge is 0.325 e. The minimum Gasteiger partial charge on any atom is -0.325 e. The molecule has 0 aliphatic rings. The SMILES string of the molecule is CCCC/C(=N\[Si](C)(C)C(C)(C)C)c1ccccc1. The van der Waals surface area contributed by atoms with Crippen molar-refractivity contribution in [3.63, 3.8) is 0 Å². The van der Waals surface area contributed by atoms with Crippen LogP contribution < -0.4 is 0 Å². The Morgan fingerprint density at radius 2 is 1.68 bits per heavy atom. The molecule has 0 heterocycles. The van der Waals surface area contributed by atoms with Crippen LogP contribution in [0, 0.1) is 0 Å². The Morgan fingerprint density at radius 3 is 2.16 bits per heavy atom. The van der Waals surface area contributed by atoms with Crippen LogP contribution in [0.1, 0.15) is 52.5 Å². The van der Waals surface area contributed by atoms with Gasteiger partial charge >= 0.3 is 0 Å². The molecule has 0 aliphatic heterocycles. The highest BCUT2D eigenvalue weighted by Gasteiger charge is 2.35. The lowest BCUT2D eigenvalue weighted by molar-refractivity contribution is 0.718.